The molecule has 0 aliphatic carbocycles. The van der Waals surface area contributed by atoms with Crippen molar-refractivity contribution in [1.29, 1.82) is 0 Å². The number of carbonyl (C=O) groups is 2. The summed E-state index contributed by atoms with van der Waals surface area (Å²) in [7, 11) is 0. The van der Waals surface area contributed by atoms with Crippen LogP contribution in [-0.4, -0.2) is 23.4 Å². The Labute approximate surface area is 147 Å². The lowest BCUT2D eigenvalue weighted by Gasteiger charge is -2.16. The maximum Gasteiger partial charge on any atom is 0.315 e. The molecular formula is C19H23N3O3. The molecule has 6 heteroatoms. The monoisotopic (exact) mass is 341 g/mol. The third kappa shape index (κ3) is 4.41. The van der Waals surface area contributed by atoms with Crippen molar-refractivity contribution >= 4 is 11.9 Å². The summed E-state index contributed by atoms with van der Waals surface area (Å²) >= 11 is 0. The Kier molecular flexibility index (Phi) is 5.38. The van der Waals surface area contributed by atoms with E-state index in [1.54, 1.807) is 12.3 Å². The van der Waals surface area contributed by atoms with Gasteiger partial charge < -0.3 is 20.0 Å². The summed E-state index contributed by atoms with van der Waals surface area (Å²) in [6.07, 6.45) is 2.63. The molecule has 0 saturated heterocycles. The van der Waals surface area contributed by atoms with Gasteiger partial charge in [-0.05, 0) is 36.6 Å². The summed E-state index contributed by atoms with van der Waals surface area (Å²) in [5.74, 6) is 0.835. The van der Waals surface area contributed by atoms with E-state index in [2.05, 4.69) is 22.8 Å². The number of carbonyl (C=O) groups excluding carboxylic acids is 2. The Balaban J connectivity index is 1.33. The Bertz CT molecular complexity index is 702. The molecule has 0 radical (unpaired) electrons. The third-order valence-electron chi connectivity index (χ3n) is 4.36. The number of furan rings is 1. The molecule has 0 fully saturated rings. The predicted molar refractivity (Wildman–Crippen MR) is 93.6 cm³/mol. The smallest absolute Gasteiger partial charge is 0.315 e. The summed E-state index contributed by atoms with van der Waals surface area (Å²) in [6, 6.07) is 11.3. The molecule has 1 aromatic heterocycles. The van der Waals surface area contributed by atoms with E-state index in [0.29, 0.717) is 38.2 Å². The standard InChI is InChI=1S/C19H23N3O3/c1-14(17-8-5-11-25-17)21-19(24)20-10-4-9-18(23)22-12-15-6-2-3-7-16(15)13-22/h2-3,5-8,11,14H,4,9-10,12-13H2,1H3,(H2,20,21,24). The number of fused-ring (bicyclic) bond motifs is 1. The van der Waals surface area contributed by atoms with Gasteiger partial charge in [0.05, 0.1) is 12.3 Å². The number of benzene rings is 1. The number of rotatable bonds is 6. The van der Waals surface area contributed by atoms with Crippen molar-refractivity contribution in [3.63, 3.8) is 0 Å². The number of hydrogen-bond acceptors (Lipinski definition) is 3. The van der Waals surface area contributed by atoms with Crippen molar-refractivity contribution in [3.05, 3.63) is 59.5 Å². The van der Waals surface area contributed by atoms with Crippen LogP contribution >= 0.6 is 0 Å². The van der Waals surface area contributed by atoms with Crippen molar-refractivity contribution in [3.8, 4) is 0 Å². The maximum atomic E-state index is 12.3. The third-order valence-corrected chi connectivity index (χ3v) is 4.36. The summed E-state index contributed by atoms with van der Waals surface area (Å²) < 4.78 is 5.24. The van der Waals surface area contributed by atoms with E-state index in [1.807, 2.05) is 30.0 Å². The van der Waals surface area contributed by atoms with Crippen LogP contribution < -0.4 is 10.6 Å². The second-order valence-corrected chi connectivity index (χ2v) is 6.26. The van der Waals surface area contributed by atoms with E-state index in [-0.39, 0.29) is 18.0 Å². The van der Waals surface area contributed by atoms with Gasteiger partial charge in [-0.2, -0.15) is 0 Å². The quantitative estimate of drug-likeness (QED) is 0.793. The average Bonchev–Trinajstić information content (AvgIpc) is 3.27. The molecule has 1 unspecified atom stereocenters. The first-order valence-corrected chi connectivity index (χ1v) is 8.56. The minimum Gasteiger partial charge on any atom is -0.467 e. The lowest BCUT2D eigenvalue weighted by atomic mass is 10.1. The van der Waals surface area contributed by atoms with Crippen LogP contribution in [0.5, 0.6) is 0 Å². The highest BCUT2D eigenvalue weighted by Crippen LogP contribution is 2.22. The molecule has 132 valence electrons. The van der Waals surface area contributed by atoms with Crippen LogP contribution in [0, 0.1) is 0 Å². The lowest BCUT2D eigenvalue weighted by Crippen LogP contribution is -2.37. The minimum absolute atomic E-state index is 0.127. The highest BCUT2D eigenvalue weighted by atomic mass is 16.3. The van der Waals surface area contributed by atoms with Gasteiger partial charge in [0.15, 0.2) is 0 Å². The van der Waals surface area contributed by atoms with E-state index in [0.717, 1.165) is 0 Å². The zero-order chi connectivity index (χ0) is 17.6. The van der Waals surface area contributed by atoms with Gasteiger partial charge in [0.1, 0.15) is 5.76 Å². The highest BCUT2D eigenvalue weighted by molar-refractivity contribution is 5.77. The zero-order valence-electron chi connectivity index (χ0n) is 14.3. The van der Waals surface area contributed by atoms with Gasteiger partial charge in [0, 0.05) is 26.1 Å². The molecule has 25 heavy (non-hydrogen) atoms. The number of amides is 3. The van der Waals surface area contributed by atoms with Crippen LogP contribution in [-0.2, 0) is 17.9 Å². The number of nitrogens with zero attached hydrogens (tertiary/aromatic N) is 1. The van der Waals surface area contributed by atoms with Gasteiger partial charge in [-0.3, -0.25) is 4.79 Å². The summed E-state index contributed by atoms with van der Waals surface area (Å²) in [5, 5.41) is 5.57. The molecule has 3 amide bonds. The SMILES string of the molecule is CC(NC(=O)NCCCC(=O)N1Cc2ccccc2C1)c1ccco1. The van der Waals surface area contributed by atoms with Gasteiger partial charge in [-0.25, -0.2) is 4.79 Å². The molecule has 1 aliphatic heterocycles. The van der Waals surface area contributed by atoms with Crippen LogP contribution in [0.4, 0.5) is 4.79 Å². The Morgan fingerprint density at radius 2 is 1.88 bits per heavy atom. The molecule has 0 bridgehead atoms. The van der Waals surface area contributed by atoms with Crippen LogP contribution in [0.3, 0.4) is 0 Å². The van der Waals surface area contributed by atoms with Crippen LogP contribution in [0.25, 0.3) is 0 Å². The summed E-state index contributed by atoms with van der Waals surface area (Å²) in [6.45, 7) is 3.68. The minimum atomic E-state index is -0.259. The molecular weight excluding hydrogens is 318 g/mol. The second-order valence-electron chi connectivity index (χ2n) is 6.26. The van der Waals surface area contributed by atoms with Gasteiger partial charge in [0.2, 0.25) is 5.91 Å². The topological polar surface area (TPSA) is 74.6 Å². The van der Waals surface area contributed by atoms with Crippen LogP contribution in [0.2, 0.25) is 0 Å². The zero-order valence-corrected chi connectivity index (χ0v) is 14.3. The highest BCUT2D eigenvalue weighted by Gasteiger charge is 2.22. The Morgan fingerprint density at radius 3 is 2.52 bits per heavy atom. The molecule has 6 nitrogen and oxygen atoms in total. The van der Waals surface area contributed by atoms with Gasteiger partial charge in [-0.1, -0.05) is 24.3 Å². The van der Waals surface area contributed by atoms with E-state index in [4.69, 9.17) is 4.42 Å². The van der Waals surface area contributed by atoms with Crippen molar-refractivity contribution < 1.29 is 14.0 Å². The molecule has 3 rings (SSSR count). The normalized spacial score (nSPS) is 14.0. The molecule has 1 aromatic carbocycles. The van der Waals surface area contributed by atoms with Gasteiger partial charge in [0.25, 0.3) is 0 Å². The second kappa shape index (κ2) is 7.88. The predicted octanol–water partition coefficient (Wildman–Crippen LogP) is 2.96. The van der Waals surface area contributed by atoms with E-state index >= 15 is 0 Å². The van der Waals surface area contributed by atoms with Crippen molar-refractivity contribution in [2.75, 3.05) is 6.54 Å². The fraction of sp³-hybridized carbons (Fsp3) is 0.368. The first-order valence-electron chi connectivity index (χ1n) is 8.56. The number of hydrogen-bond donors (Lipinski definition) is 2. The van der Waals surface area contributed by atoms with E-state index in [9.17, 15) is 9.59 Å². The fourth-order valence-electron chi connectivity index (χ4n) is 2.97. The molecule has 1 aliphatic rings. The van der Waals surface area contributed by atoms with Crippen LogP contribution in [0.15, 0.2) is 47.1 Å². The molecule has 2 heterocycles. The molecule has 1 atom stereocenters. The van der Waals surface area contributed by atoms with Gasteiger partial charge >= 0.3 is 6.03 Å². The molecule has 2 aromatic rings. The Morgan fingerprint density at radius 1 is 1.16 bits per heavy atom. The Hall–Kier alpha value is -2.76. The summed E-state index contributed by atoms with van der Waals surface area (Å²) in [5.41, 5.74) is 2.44. The van der Waals surface area contributed by atoms with Gasteiger partial charge in [-0.15, -0.1) is 0 Å². The largest absolute Gasteiger partial charge is 0.467 e. The van der Waals surface area contributed by atoms with Crippen molar-refractivity contribution in [2.45, 2.75) is 38.9 Å². The molecule has 0 spiro atoms. The van der Waals surface area contributed by atoms with Crippen LogP contribution in [0.1, 0.15) is 42.7 Å². The fourth-order valence-corrected chi connectivity index (χ4v) is 2.97. The lowest BCUT2D eigenvalue weighted by molar-refractivity contribution is -0.131. The van der Waals surface area contributed by atoms with Crippen molar-refractivity contribution in [2.24, 2.45) is 0 Å². The summed E-state index contributed by atoms with van der Waals surface area (Å²) in [4.78, 5) is 26.0. The molecule has 2 N–H and O–H groups in total. The maximum absolute atomic E-state index is 12.3. The van der Waals surface area contributed by atoms with Crippen molar-refractivity contribution in [1.82, 2.24) is 15.5 Å². The number of nitrogens with one attached hydrogen (secondary N) is 2. The van der Waals surface area contributed by atoms with E-state index in [1.165, 1.54) is 11.1 Å². The first kappa shape index (κ1) is 17.1. The first-order chi connectivity index (χ1) is 12.1. The molecule has 0 saturated carbocycles. The average molecular weight is 341 g/mol. The number of urea groups is 1. The van der Waals surface area contributed by atoms with E-state index < -0.39 is 0 Å².